The van der Waals surface area contributed by atoms with Crippen molar-refractivity contribution < 1.29 is 28.5 Å². The van der Waals surface area contributed by atoms with Crippen LogP contribution in [0.1, 0.15) is 29.8 Å². The second-order valence-electron chi connectivity index (χ2n) is 9.05. The van der Waals surface area contributed by atoms with Gasteiger partial charge in [-0.2, -0.15) is 8.78 Å². The van der Waals surface area contributed by atoms with Gasteiger partial charge in [-0.05, 0) is 25.1 Å². The molecule has 4 heterocycles. The van der Waals surface area contributed by atoms with Gasteiger partial charge in [0.2, 0.25) is 5.95 Å². The van der Waals surface area contributed by atoms with Crippen LogP contribution in [0.4, 0.5) is 14.7 Å². The Morgan fingerprint density at radius 3 is 2.49 bits per heavy atom. The number of aliphatic hydroxyl groups is 1. The van der Waals surface area contributed by atoms with Crippen LogP contribution in [-0.2, 0) is 11.2 Å². The van der Waals surface area contributed by atoms with Crippen molar-refractivity contribution in [2.24, 2.45) is 0 Å². The molecule has 0 aliphatic carbocycles. The van der Waals surface area contributed by atoms with Crippen molar-refractivity contribution in [3.8, 4) is 16.9 Å². The minimum Gasteiger partial charge on any atom is -0.479 e. The number of anilines is 1. The van der Waals surface area contributed by atoms with E-state index in [1.165, 1.54) is 6.07 Å². The summed E-state index contributed by atoms with van der Waals surface area (Å²) in [6, 6.07) is 10.5. The maximum Gasteiger partial charge on any atom is 0.387 e. The van der Waals surface area contributed by atoms with Crippen molar-refractivity contribution in [2.75, 3.05) is 18.0 Å². The van der Waals surface area contributed by atoms with Gasteiger partial charge in [-0.1, -0.05) is 18.2 Å². The molecule has 11 heteroatoms. The number of piperidine rings is 1. The molecule has 0 atom stereocenters. The van der Waals surface area contributed by atoms with Crippen molar-refractivity contribution in [1.29, 1.82) is 0 Å². The van der Waals surface area contributed by atoms with Crippen molar-refractivity contribution in [2.45, 2.75) is 38.4 Å². The number of hydrogen-bond acceptors (Lipinski definition) is 7. The highest BCUT2D eigenvalue weighted by Crippen LogP contribution is 2.28. The summed E-state index contributed by atoms with van der Waals surface area (Å²) >= 11 is 0. The standard InChI is InChI=1S/C26H25F2N5O4/c1-16-20(12-17-4-2-3-5-21(17)37-24(27)28)33-15-18(6-7-22(33)31-16)19-13-29-25(30-14-19)32-10-8-26(36,9-11-32)23(34)35/h2-7,13-15,24,36H,8-12H2,1H3,(H,34,35). The maximum absolute atomic E-state index is 12.9. The van der Waals surface area contributed by atoms with Crippen LogP contribution >= 0.6 is 0 Å². The van der Waals surface area contributed by atoms with E-state index in [2.05, 4.69) is 15.0 Å². The number of ether oxygens (including phenoxy) is 1. The first-order chi connectivity index (χ1) is 17.7. The molecule has 9 nitrogen and oxygen atoms in total. The van der Waals surface area contributed by atoms with E-state index in [1.54, 1.807) is 30.6 Å². The summed E-state index contributed by atoms with van der Waals surface area (Å²) in [5.74, 6) is -0.614. The predicted octanol–water partition coefficient (Wildman–Crippen LogP) is 3.71. The van der Waals surface area contributed by atoms with Crippen LogP contribution in [0.25, 0.3) is 16.8 Å². The molecular formula is C26H25F2N5O4. The van der Waals surface area contributed by atoms with Crippen LogP contribution < -0.4 is 9.64 Å². The normalized spacial score (nSPS) is 15.3. The van der Waals surface area contributed by atoms with Crippen LogP contribution in [0.5, 0.6) is 5.75 Å². The Morgan fingerprint density at radius 2 is 1.81 bits per heavy atom. The second-order valence-corrected chi connectivity index (χ2v) is 9.05. The Labute approximate surface area is 211 Å². The molecule has 1 aliphatic rings. The molecule has 192 valence electrons. The average molecular weight is 510 g/mol. The number of hydrogen-bond donors (Lipinski definition) is 2. The molecule has 4 aromatic rings. The molecule has 0 saturated carbocycles. The van der Waals surface area contributed by atoms with Gasteiger partial charge in [-0.3, -0.25) is 0 Å². The molecule has 0 unspecified atom stereocenters. The van der Waals surface area contributed by atoms with Crippen LogP contribution in [0.15, 0.2) is 55.0 Å². The number of pyridine rings is 1. The zero-order valence-corrected chi connectivity index (χ0v) is 20.0. The molecule has 37 heavy (non-hydrogen) atoms. The van der Waals surface area contributed by atoms with Crippen molar-refractivity contribution in [3.63, 3.8) is 0 Å². The summed E-state index contributed by atoms with van der Waals surface area (Å²) in [6.07, 6.45) is 5.84. The molecule has 0 spiro atoms. The number of benzene rings is 1. The number of aryl methyl sites for hydroxylation is 1. The lowest BCUT2D eigenvalue weighted by atomic mass is 9.92. The molecule has 0 bridgehead atoms. The Morgan fingerprint density at radius 1 is 1.11 bits per heavy atom. The van der Waals surface area contributed by atoms with Gasteiger partial charge in [0.05, 0.1) is 5.69 Å². The first-order valence-corrected chi connectivity index (χ1v) is 11.8. The molecule has 3 aromatic heterocycles. The number of rotatable bonds is 7. The van der Waals surface area contributed by atoms with Gasteiger partial charge >= 0.3 is 12.6 Å². The summed E-state index contributed by atoms with van der Waals surface area (Å²) in [4.78, 5) is 26.6. The number of halogens is 2. The number of para-hydroxylation sites is 1. The fraction of sp³-hybridized carbons (Fsp3) is 0.308. The van der Waals surface area contributed by atoms with Crippen molar-refractivity contribution in [3.05, 3.63) is 71.9 Å². The molecule has 1 saturated heterocycles. The largest absolute Gasteiger partial charge is 0.479 e. The monoisotopic (exact) mass is 509 g/mol. The summed E-state index contributed by atoms with van der Waals surface area (Å²) in [5, 5.41) is 19.3. The smallest absolute Gasteiger partial charge is 0.387 e. The van der Waals surface area contributed by atoms with Crippen LogP contribution in [0.2, 0.25) is 0 Å². The number of aromatic nitrogens is 4. The molecule has 1 aliphatic heterocycles. The summed E-state index contributed by atoms with van der Waals surface area (Å²) in [6.45, 7) is -0.363. The molecule has 0 radical (unpaired) electrons. The van der Waals surface area contributed by atoms with Gasteiger partial charge in [0, 0.05) is 73.3 Å². The van der Waals surface area contributed by atoms with Crippen LogP contribution in [0, 0.1) is 6.92 Å². The van der Waals surface area contributed by atoms with E-state index in [0.717, 1.165) is 28.2 Å². The highest BCUT2D eigenvalue weighted by molar-refractivity contribution is 5.77. The van der Waals surface area contributed by atoms with Gasteiger partial charge < -0.3 is 24.3 Å². The van der Waals surface area contributed by atoms with E-state index >= 15 is 0 Å². The van der Waals surface area contributed by atoms with E-state index < -0.39 is 18.2 Å². The number of carboxylic acid groups (broad SMARTS) is 1. The van der Waals surface area contributed by atoms with Gasteiger partial charge in [-0.15, -0.1) is 0 Å². The number of imidazole rings is 1. The fourth-order valence-electron chi connectivity index (χ4n) is 4.56. The Hall–Kier alpha value is -4.12. The lowest BCUT2D eigenvalue weighted by Gasteiger charge is -2.35. The lowest BCUT2D eigenvalue weighted by molar-refractivity contribution is -0.160. The lowest BCUT2D eigenvalue weighted by Crippen LogP contribution is -2.49. The van der Waals surface area contributed by atoms with Crippen molar-refractivity contribution in [1.82, 2.24) is 19.4 Å². The van der Waals surface area contributed by atoms with Crippen LogP contribution in [0.3, 0.4) is 0 Å². The third-order valence-electron chi connectivity index (χ3n) is 6.71. The summed E-state index contributed by atoms with van der Waals surface area (Å²) in [7, 11) is 0. The van der Waals surface area contributed by atoms with E-state index in [4.69, 9.17) is 4.74 Å². The zero-order chi connectivity index (χ0) is 26.2. The molecule has 0 amide bonds. The SMILES string of the molecule is Cc1nc2ccc(-c3cnc(N4CCC(O)(C(=O)O)CC4)nc3)cn2c1Cc1ccccc1OC(F)F. The van der Waals surface area contributed by atoms with E-state index in [-0.39, 0.29) is 18.6 Å². The number of carboxylic acids is 1. The molecule has 5 rings (SSSR count). The minimum absolute atomic E-state index is 0.0956. The first kappa shape index (κ1) is 24.6. The molecule has 2 N–H and O–H groups in total. The number of alkyl halides is 2. The maximum atomic E-state index is 12.9. The number of carbonyl (C=O) groups is 1. The van der Waals surface area contributed by atoms with Crippen LogP contribution in [-0.4, -0.2) is 60.8 Å². The Bertz CT molecular complexity index is 1430. The number of nitrogens with zero attached hydrogens (tertiary/aromatic N) is 5. The number of aliphatic carboxylic acids is 1. The zero-order valence-electron chi connectivity index (χ0n) is 20.0. The highest BCUT2D eigenvalue weighted by Gasteiger charge is 2.39. The Kier molecular flexibility index (Phi) is 6.46. The number of fused-ring (bicyclic) bond motifs is 1. The molecule has 1 fully saturated rings. The molecular weight excluding hydrogens is 484 g/mol. The summed E-state index contributed by atoms with van der Waals surface area (Å²) in [5.41, 5.74) is 2.87. The predicted molar refractivity (Wildman–Crippen MR) is 131 cm³/mol. The van der Waals surface area contributed by atoms with E-state index in [9.17, 15) is 23.8 Å². The van der Waals surface area contributed by atoms with Crippen molar-refractivity contribution >= 4 is 17.6 Å². The summed E-state index contributed by atoms with van der Waals surface area (Å²) < 4.78 is 32.4. The van der Waals surface area contributed by atoms with E-state index in [1.807, 2.05) is 34.6 Å². The Balaban J connectivity index is 1.39. The van der Waals surface area contributed by atoms with Gasteiger partial charge in [-0.25, -0.2) is 19.7 Å². The second kappa shape index (κ2) is 9.74. The third kappa shape index (κ3) is 4.94. The van der Waals surface area contributed by atoms with Gasteiger partial charge in [0.25, 0.3) is 0 Å². The quantitative estimate of drug-likeness (QED) is 0.388. The first-order valence-electron chi connectivity index (χ1n) is 11.8. The van der Waals surface area contributed by atoms with E-state index in [0.29, 0.717) is 31.0 Å². The van der Waals surface area contributed by atoms with Gasteiger partial charge in [0.15, 0.2) is 5.60 Å². The average Bonchev–Trinajstić information content (AvgIpc) is 3.19. The topological polar surface area (TPSA) is 113 Å². The molecule has 1 aromatic carbocycles. The third-order valence-corrected chi connectivity index (χ3v) is 6.71. The van der Waals surface area contributed by atoms with Gasteiger partial charge in [0.1, 0.15) is 11.4 Å². The highest BCUT2D eigenvalue weighted by atomic mass is 19.3. The minimum atomic E-state index is -2.91. The fourth-order valence-corrected chi connectivity index (χ4v) is 4.56.